The van der Waals surface area contributed by atoms with E-state index in [0.717, 1.165) is 11.3 Å². The van der Waals surface area contributed by atoms with E-state index in [0.29, 0.717) is 17.4 Å². The lowest BCUT2D eigenvalue weighted by molar-refractivity contribution is 0.339. The molecule has 1 N–H and O–H groups in total. The fourth-order valence-electron chi connectivity index (χ4n) is 1.98. The average molecular weight is 294 g/mol. The second-order valence-electron chi connectivity index (χ2n) is 4.49. The van der Waals surface area contributed by atoms with Gasteiger partial charge in [0.15, 0.2) is 0 Å². The normalized spacial score (nSPS) is 12.0. The van der Waals surface area contributed by atoms with Gasteiger partial charge >= 0.3 is 0 Å². The first kappa shape index (κ1) is 14.7. The van der Waals surface area contributed by atoms with Crippen LogP contribution in [-0.4, -0.2) is 6.61 Å². The maximum atomic E-state index is 13.3. The van der Waals surface area contributed by atoms with Gasteiger partial charge in [-0.1, -0.05) is 23.7 Å². The summed E-state index contributed by atoms with van der Waals surface area (Å²) in [5.41, 5.74) is 1.82. The Labute approximate surface area is 123 Å². The van der Waals surface area contributed by atoms with E-state index in [2.05, 4.69) is 5.32 Å². The van der Waals surface area contributed by atoms with Crippen molar-refractivity contribution < 1.29 is 9.13 Å². The minimum absolute atomic E-state index is 0.0402. The molecule has 0 aliphatic carbocycles. The second-order valence-corrected chi connectivity index (χ2v) is 4.93. The van der Waals surface area contributed by atoms with E-state index in [-0.39, 0.29) is 11.9 Å². The van der Waals surface area contributed by atoms with E-state index in [1.807, 2.05) is 38.1 Å². The highest BCUT2D eigenvalue weighted by Gasteiger charge is 2.10. The number of ether oxygens (including phenoxy) is 1. The van der Waals surface area contributed by atoms with E-state index < -0.39 is 0 Å². The van der Waals surface area contributed by atoms with Gasteiger partial charge in [0.25, 0.3) is 0 Å². The van der Waals surface area contributed by atoms with Crippen molar-refractivity contribution in [1.29, 1.82) is 0 Å². The predicted molar refractivity (Wildman–Crippen MR) is 81.1 cm³/mol. The van der Waals surface area contributed by atoms with E-state index in [4.69, 9.17) is 16.3 Å². The van der Waals surface area contributed by atoms with Crippen molar-refractivity contribution in [1.82, 2.24) is 0 Å². The number of anilines is 1. The third-order valence-corrected chi connectivity index (χ3v) is 3.20. The lowest BCUT2D eigenvalue weighted by Gasteiger charge is -2.18. The number of nitrogens with one attached hydrogen (secondary N) is 1. The molecule has 0 bridgehead atoms. The van der Waals surface area contributed by atoms with Crippen LogP contribution in [0.5, 0.6) is 5.75 Å². The van der Waals surface area contributed by atoms with Gasteiger partial charge in [0.05, 0.1) is 12.3 Å². The number of benzene rings is 2. The molecule has 20 heavy (non-hydrogen) atoms. The first-order valence-electron chi connectivity index (χ1n) is 6.54. The summed E-state index contributed by atoms with van der Waals surface area (Å²) >= 11 is 5.99. The minimum Gasteiger partial charge on any atom is -0.492 e. The molecule has 0 saturated carbocycles. The molecular weight excluding hydrogens is 277 g/mol. The van der Waals surface area contributed by atoms with E-state index in [1.165, 1.54) is 12.1 Å². The molecular formula is C16H17ClFNO. The van der Waals surface area contributed by atoms with Crippen LogP contribution in [0.4, 0.5) is 10.1 Å². The lowest BCUT2D eigenvalue weighted by atomic mass is 10.1. The highest BCUT2D eigenvalue weighted by Crippen LogP contribution is 2.29. The maximum Gasteiger partial charge on any atom is 0.145 e. The van der Waals surface area contributed by atoms with E-state index in [1.54, 1.807) is 6.07 Å². The number of hydrogen-bond donors (Lipinski definition) is 1. The smallest absolute Gasteiger partial charge is 0.145 e. The van der Waals surface area contributed by atoms with Crippen molar-refractivity contribution in [3.8, 4) is 5.75 Å². The van der Waals surface area contributed by atoms with E-state index in [9.17, 15) is 4.39 Å². The highest BCUT2D eigenvalue weighted by atomic mass is 35.5. The molecule has 0 aromatic heterocycles. The van der Waals surface area contributed by atoms with Gasteiger partial charge in [0.1, 0.15) is 11.6 Å². The fourth-order valence-corrected chi connectivity index (χ4v) is 2.18. The zero-order valence-corrected chi connectivity index (χ0v) is 12.2. The molecule has 2 rings (SSSR count). The topological polar surface area (TPSA) is 21.3 Å². The minimum atomic E-state index is -0.311. The van der Waals surface area contributed by atoms with Crippen LogP contribution >= 0.6 is 11.6 Å². The molecule has 106 valence electrons. The van der Waals surface area contributed by atoms with Crippen LogP contribution < -0.4 is 10.1 Å². The number of hydrogen-bond acceptors (Lipinski definition) is 2. The van der Waals surface area contributed by atoms with Gasteiger partial charge in [-0.25, -0.2) is 4.39 Å². The van der Waals surface area contributed by atoms with Crippen LogP contribution in [0.3, 0.4) is 0 Å². The summed E-state index contributed by atoms with van der Waals surface area (Å²) in [6.07, 6.45) is 0. The maximum absolute atomic E-state index is 13.3. The Bertz CT molecular complexity index is 588. The zero-order valence-electron chi connectivity index (χ0n) is 11.5. The predicted octanol–water partition coefficient (Wildman–Crippen LogP) is 5.05. The van der Waals surface area contributed by atoms with Crippen molar-refractivity contribution in [3.05, 3.63) is 58.9 Å². The van der Waals surface area contributed by atoms with Crippen LogP contribution in [0.2, 0.25) is 5.02 Å². The first-order valence-corrected chi connectivity index (χ1v) is 6.92. The van der Waals surface area contributed by atoms with Crippen molar-refractivity contribution in [2.24, 2.45) is 0 Å². The standard InChI is InChI=1S/C16H17ClFNO/c1-3-20-16-10-14(18)7-8-15(16)19-11(2)12-5-4-6-13(17)9-12/h4-11,19H,3H2,1-2H3. The van der Waals surface area contributed by atoms with Gasteiger partial charge in [-0.2, -0.15) is 0 Å². The quantitative estimate of drug-likeness (QED) is 0.833. The number of rotatable bonds is 5. The molecule has 0 aliphatic rings. The summed E-state index contributed by atoms with van der Waals surface area (Å²) in [7, 11) is 0. The van der Waals surface area contributed by atoms with Crippen LogP contribution in [0.1, 0.15) is 25.5 Å². The summed E-state index contributed by atoms with van der Waals surface area (Å²) in [6, 6.07) is 12.2. The van der Waals surface area contributed by atoms with Gasteiger partial charge < -0.3 is 10.1 Å². The molecule has 0 aliphatic heterocycles. The van der Waals surface area contributed by atoms with Gasteiger partial charge in [0, 0.05) is 17.1 Å². The van der Waals surface area contributed by atoms with Gasteiger partial charge in [-0.3, -0.25) is 0 Å². The average Bonchev–Trinajstić information content (AvgIpc) is 2.42. The Balaban J connectivity index is 2.21. The van der Waals surface area contributed by atoms with Crippen LogP contribution in [0.25, 0.3) is 0 Å². The summed E-state index contributed by atoms with van der Waals surface area (Å²) in [4.78, 5) is 0. The molecule has 0 saturated heterocycles. The highest BCUT2D eigenvalue weighted by molar-refractivity contribution is 6.30. The largest absolute Gasteiger partial charge is 0.492 e. The van der Waals surface area contributed by atoms with Crippen molar-refractivity contribution in [2.75, 3.05) is 11.9 Å². The molecule has 0 radical (unpaired) electrons. The molecule has 2 aromatic rings. The Morgan fingerprint density at radius 1 is 1.25 bits per heavy atom. The Morgan fingerprint density at radius 3 is 2.75 bits per heavy atom. The molecule has 0 heterocycles. The molecule has 0 amide bonds. The van der Waals surface area contributed by atoms with Crippen LogP contribution in [-0.2, 0) is 0 Å². The molecule has 1 atom stereocenters. The Hall–Kier alpha value is -1.74. The zero-order chi connectivity index (χ0) is 14.5. The fraction of sp³-hybridized carbons (Fsp3) is 0.250. The van der Waals surface area contributed by atoms with Crippen LogP contribution in [0.15, 0.2) is 42.5 Å². The monoisotopic (exact) mass is 293 g/mol. The summed E-state index contributed by atoms with van der Waals surface area (Å²) in [5.74, 6) is 0.204. The van der Waals surface area contributed by atoms with Crippen molar-refractivity contribution in [2.45, 2.75) is 19.9 Å². The molecule has 1 unspecified atom stereocenters. The summed E-state index contributed by atoms with van der Waals surface area (Å²) in [5, 5.41) is 4.01. The molecule has 2 aromatic carbocycles. The van der Waals surface area contributed by atoms with E-state index >= 15 is 0 Å². The molecule has 0 fully saturated rings. The van der Waals surface area contributed by atoms with Gasteiger partial charge in [-0.15, -0.1) is 0 Å². The summed E-state index contributed by atoms with van der Waals surface area (Å²) in [6.45, 7) is 4.38. The number of halogens is 2. The molecule has 0 spiro atoms. The van der Waals surface area contributed by atoms with Crippen molar-refractivity contribution in [3.63, 3.8) is 0 Å². The summed E-state index contributed by atoms with van der Waals surface area (Å²) < 4.78 is 18.7. The third kappa shape index (κ3) is 3.64. The molecule has 2 nitrogen and oxygen atoms in total. The molecule has 4 heteroatoms. The lowest BCUT2D eigenvalue weighted by Crippen LogP contribution is -2.08. The van der Waals surface area contributed by atoms with Gasteiger partial charge in [-0.05, 0) is 43.7 Å². The van der Waals surface area contributed by atoms with Crippen molar-refractivity contribution >= 4 is 17.3 Å². The Kier molecular flexibility index (Phi) is 4.85. The third-order valence-electron chi connectivity index (χ3n) is 2.96. The van der Waals surface area contributed by atoms with Crippen LogP contribution in [0, 0.1) is 5.82 Å². The Morgan fingerprint density at radius 2 is 2.05 bits per heavy atom. The first-order chi connectivity index (χ1) is 9.60. The van der Waals surface area contributed by atoms with Gasteiger partial charge in [0.2, 0.25) is 0 Å². The second kappa shape index (κ2) is 6.62. The SMILES string of the molecule is CCOc1cc(F)ccc1NC(C)c1cccc(Cl)c1.